The van der Waals surface area contributed by atoms with E-state index in [1.807, 2.05) is 0 Å². The summed E-state index contributed by atoms with van der Waals surface area (Å²) in [6, 6.07) is 12.3. The number of hydrogen-bond acceptors (Lipinski definition) is 0. The summed E-state index contributed by atoms with van der Waals surface area (Å²) in [5.74, 6) is 0. The molecule has 0 aromatic heterocycles. The van der Waals surface area contributed by atoms with Gasteiger partial charge in [-0.05, 0) is 17.0 Å². The SMILES string of the molecule is CC(C)(C)[Si](C)(C)CCCc1ccccc1. The molecule has 0 atom stereocenters. The highest BCUT2D eigenvalue weighted by atomic mass is 28.3. The maximum Gasteiger partial charge on any atom is 0.0527 e. The van der Waals surface area contributed by atoms with Gasteiger partial charge < -0.3 is 0 Å². The van der Waals surface area contributed by atoms with Crippen LogP contribution in [0.2, 0.25) is 24.2 Å². The molecule has 0 spiro atoms. The van der Waals surface area contributed by atoms with Crippen molar-refractivity contribution in [1.82, 2.24) is 0 Å². The van der Waals surface area contributed by atoms with Crippen LogP contribution in [-0.2, 0) is 6.42 Å². The summed E-state index contributed by atoms with van der Waals surface area (Å²) in [6.07, 6.45) is 2.59. The van der Waals surface area contributed by atoms with Crippen molar-refractivity contribution >= 4 is 8.07 Å². The summed E-state index contributed by atoms with van der Waals surface area (Å²) in [5.41, 5.74) is 1.49. The van der Waals surface area contributed by atoms with Crippen molar-refractivity contribution in [3.63, 3.8) is 0 Å². The number of hydrogen-bond donors (Lipinski definition) is 0. The fourth-order valence-corrected chi connectivity index (χ4v) is 3.56. The largest absolute Gasteiger partial charge is 0.0690 e. The van der Waals surface area contributed by atoms with Gasteiger partial charge in [0.2, 0.25) is 0 Å². The molecule has 0 aliphatic heterocycles. The van der Waals surface area contributed by atoms with E-state index in [0.29, 0.717) is 5.04 Å². The monoisotopic (exact) mass is 234 g/mol. The van der Waals surface area contributed by atoms with Crippen molar-refractivity contribution in [2.45, 2.75) is 57.8 Å². The molecule has 0 saturated heterocycles. The second-order valence-corrected chi connectivity index (χ2v) is 12.2. The summed E-state index contributed by atoms with van der Waals surface area (Å²) >= 11 is 0. The van der Waals surface area contributed by atoms with E-state index < -0.39 is 8.07 Å². The van der Waals surface area contributed by atoms with Crippen LogP contribution in [-0.4, -0.2) is 8.07 Å². The van der Waals surface area contributed by atoms with Gasteiger partial charge in [0.25, 0.3) is 0 Å². The Bertz CT molecular complexity index is 306. The molecule has 0 aliphatic rings. The Balaban J connectivity index is 2.42. The standard InChI is InChI=1S/C15H26Si/c1-15(2,3)16(4,5)13-9-12-14-10-7-6-8-11-14/h6-8,10-11H,9,12-13H2,1-5H3. The van der Waals surface area contributed by atoms with Gasteiger partial charge in [-0.3, -0.25) is 0 Å². The van der Waals surface area contributed by atoms with Gasteiger partial charge in [0.15, 0.2) is 0 Å². The predicted octanol–water partition coefficient (Wildman–Crippen LogP) is 5.13. The van der Waals surface area contributed by atoms with Crippen molar-refractivity contribution in [2.24, 2.45) is 0 Å². The zero-order valence-corrected chi connectivity index (χ0v) is 12.5. The second-order valence-electron chi connectivity index (χ2n) is 6.47. The van der Waals surface area contributed by atoms with Gasteiger partial charge in [-0.1, -0.05) is 76.7 Å². The molecule has 1 aromatic rings. The maximum absolute atomic E-state index is 2.53. The van der Waals surface area contributed by atoms with Crippen molar-refractivity contribution in [3.8, 4) is 0 Å². The smallest absolute Gasteiger partial charge is 0.0527 e. The average molecular weight is 234 g/mol. The van der Waals surface area contributed by atoms with Crippen LogP contribution in [0.3, 0.4) is 0 Å². The van der Waals surface area contributed by atoms with E-state index in [4.69, 9.17) is 0 Å². The van der Waals surface area contributed by atoms with Gasteiger partial charge in [-0.15, -0.1) is 0 Å². The van der Waals surface area contributed by atoms with Gasteiger partial charge in [-0.2, -0.15) is 0 Å². The summed E-state index contributed by atoms with van der Waals surface area (Å²) < 4.78 is 0. The maximum atomic E-state index is 2.53. The summed E-state index contributed by atoms with van der Waals surface area (Å²) in [6.45, 7) is 12.3. The molecule has 16 heavy (non-hydrogen) atoms. The molecule has 0 unspecified atom stereocenters. The summed E-state index contributed by atoms with van der Waals surface area (Å²) in [4.78, 5) is 0. The lowest BCUT2D eigenvalue weighted by Crippen LogP contribution is -2.36. The van der Waals surface area contributed by atoms with E-state index in [1.165, 1.54) is 24.4 Å². The van der Waals surface area contributed by atoms with Crippen LogP contribution in [0.15, 0.2) is 30.3 Å². The van der Waals surface area contributed by atoms with E-state index in [9.17, 15) is 0 Å². The quantitative estimate of drug-likeness (QED) is 0.634. The summed E-state index contributed by atoms with van der Waals surface area (Å²) in [5, 5.41) is 0.531. The predicted molar refractivity (Wildman–Crippen MR) is 76.8 cm³/mol. The first-order chi connectivity index (χ1) is 7.33. The first-order valence-electron chi connectivity index (χ1n) is 6.37. The van der Waals surface area contributed by atoms with Gasteiger partial charge in [0.05, 0.1) is 8.07 Å². The van der Waals surface area contributed by atoms with Crippen molar-refractivity contribution < 1.29 is 0 Å². The normalized spacial score (nSPS) is 12.8. The molecule has 0 radical (unpaired) electrons. The van der Waals surface area contributed by atoms with E-state index in [2.05, 4.69) is 64.2 Å². The van der Waals surface area contributed by atoms with E-state index >= 15 is 0 Å². The minimum atomic E-state index is -1.06. The third-order valence-corrected chi connectivity index (χ3v) is 9.80. The molecule has 0 heterocycles. The molecule has 0 aliphatic carbocycles. The van der Waals surface area contributed by atoms with Crippen LogP contribution in [0, 0.1) is 0 Å². The first kappa shape index (κ1) is 13.5. The Morgan fingerprint density at radius 3 is 2.06 bits per heavy atom. The fourth-order valence-electron chi connectivity index (χ4n) is 1.75. The molecule has 90 valence electrons. The fraction of sp³-hybridized carbons (Fsp3) is 0.600. The van der Waals surface area contributed by atoms with E-state index in [1.54, 1.807) is 0 Å². The molecular weight excluding hydrogens is 208 g/mol. The van der Waals surface area contributed by atoms with Gasteiger partial charge in [0, 0.05) is 0 Å². The second kappa shape index (κ2) is 5.18. The highest BCUT2D eigenvalue weighted by Gasteiger charge is 2.33. The highest BCUT2D eigenvalue weighted by molar-refractivity contribution is 6.80. The average Bonchev–Trinajstić information content (AvgIpc) is 2.17. The van der Waals surface area contributed by atoms with Gasteiger partial charge in [-0.25, -0.2) is 0 Å². The minimum absolute atomic E-state index is 0.531. The van der Waals surface area contributed by atoms with Crippen molar-refractivity contribution in [3.05, 3.63) is 35.9 Å². The lowest BCUT2D eigenvalue weighted by molar-refractivity contribution is 0.704. The zero-order chi connectivity index (χ0) is 12.2. The molecule has 0 fully saturated rings. The Kier molecular flexibility index (Phi) is 4.37. The first-order valence-corrected chi connectivity index (χ1v) is 9.57. The third kappa shape index (κ3) is 3.78. The van der Waals surface area contributed by atoms with Crippen LogP contribution in [0.4, 0.5) is 0 Å². The van der Waals surface area contributed by atoms with Crippen molar-refractivity contribution in [1.29, 1.82) is 0 Å². The number of rotatable bonds is 4. The Morgan fingerprint density at radius 1 is 1.00 bits per heavy atom. The van der Waals surface area contributed by atoms with Crippen LogP contribution >= 0.6 is 0 Å². The minimum Gasteiger partial charge on any atom is -0.0690 e. The van der Waals surface area contributed by atoms with Gasteiger partial charge in [0.1, 0.15) is 0 Å². The number of aryl methyl sites for hydroxylation is 1. The topological polar surface area (TPSA) is 0 Å². The molecule has 0 saturated carbocycles. The Labute approximate surface area is 102 Å². The molecule has 0 N–H and O–H groups in total. The molecular formula is C15H26Si. The molecule has 1 rings (SSSR count). The molecule has 1 heteroatoms. The molecule has 0 amide bonds. The third-order valence-electron chi connectivity index (χ3n) is 4.14. The van der Waals surface area contributed by atoms with Crippen LogP contribution in [0.5, 0.6) is 0 Å². The lowest BCUT2D eigenvalue weighted by atomic mass is 10.1. The van der Waals surface area contributed by atoms with Crippen LogP contribution in [0.1, 0.15) is 32.8 Å². The van der Waals surface area contributed by atoms with Crippen LogP contribution < -0.4 is 0 Å². The molecule has 0 nitrogen and oxygen atoms in total. The lowest BCUT2D eigenvalue weighted by Gasteiger charge is -2.37. The number of benzene rings is 1. The summed E-state index contributed by atoms with van der Waals surface area (Å²) in [7, 11) is -1.06. The Hall–Kier alpha value is -0.563. The van der Waals surface area contributed by atoms with Gasteiger partial charge >= 0.3 is 0 Å². The molecule has 1 aromatic carbocycles. The molecule has 0 bridgehead atoms. The zero-order valence-electron chi connectivity index (χ0n) is 11.5. The Morgan fingerprint density at radius 2 is 1.56 bits per heavy atom. The van der Waals surface area contributed by atoms with Crippen molar-refractivity contribution in [2.75, 3.05) is 0 Å². The van der Waals surface area contributed by atoms with E-state index in [0.717, 1.165) is 0 Å². The highest BCUT2D eigenvalue weighted by Crippen LogP contribution is 2.39. The van der Waals surface area contributed by atoms with Crippen LogP contribution in [0.25, 0.3) is 0 Å². The van der Waals surface area contributed by atoms with E-state index in [-0.39, 0.29) is 0 Å².